The molecule has 0 aromatic heterocycles. The van der Waals surface area contributed by atoms with Crippen molar-refractivity contribution in [2.75, 3.05) is 6.54 Å². The molecule has 0 heterocycles. The lowest BCUT2D eigenvalue weighted by Crippen LogP contribution is -2.46. The van der Waals surface area contributed by atoms with Gasteiger partial charge in [-0.15, -0.1) is 0 Å². The molecule has 24 heavy (non-hydrogen) atoms. The maximum Gasteiger partial charge on any atom is 0.338 e. The molecule has 1 aliphatic carbocycles. The number of nitrogens with one attached hydrogen (secondary N) is 2. The Morgan fingerprint density at radius 1 is 1.12 bits per heavy atom. The molecule has 0 spiro atoms. The molecule has 0 saturated heterocycles. The zero-order valence-electron chi connectivity index (χ0n) is 13.5. The molecule has 1 unspecified atom stereocenters. The quantitative estimate of drug-likeness (QED) is 0.740. The van der Waals surface area contributed by atoms with E-state index in [4.69, 9.17) is 4.84 Å². The monoisotopic (exact) mass is 326 g/mol. The molecule has 0 fully saturated rings. The molecule has 2 amide bonds. The lowest BCUT2D eigenvalue weighted by atomic mass is 9.79. The molecular weight excluding hydrogens is 304 g/mol. The van der Waals surface area contributed by atoms with Gasteiger partial charge >= 0.3 is 6.03 Å². The van der Waals surface area contributed by atoms with Crippen molar-refractivity contribution in [2.45, 2.75) is 31.5 Å². The van der Waals surface area contributed by atoms with Gasteiger partial charge in [-0.05, 0) is 36.0 Å². The summed E-state index contributed by atoms with van der Waals surface area (Å²) in [5.74, 6) is 0. The van der Waals surface area contributed by atoms with Crippen molar-refractivity contribution in [1.29, 1.82) is 0 Å². The third-order valence-electron chi connectivity index (χ3n) is 4.34. The topological polar surface area (TPSA) is 70.6 Å². The van der Waals surface area contributed by atoms with Gasteiger partial charge in [-0.2, -0.15) is 0 Å². The van der Waals surface area contributed by atoms with Crippen molar-refractivity contribution in [3.63, 3.8) is 0 Å². The summed E-state index contributed by atoms with van der Waals surface area (Å²) in [5.41, 5.74) is 4.35. The van der Waals surface area contributed by atoms with E-state index in [1.54, 1.807) is 0 Å². The van der Waals surface area contributed by atoms with Crippen LogP contribution in [0.25, 0.3) is 0 Å². The fourth-order valence-corrected chi connectivity index (χ4v) is 3.10. The lowest BCUT2D eigenvalue weighted by Gasteiger charge is -2.34. The number of carbonyl (C=O) groups excluding carboxylic acids is 1. The highest BCUT2D eigenvalue weighted by Gasteiger charge is 2.34. The van der Waals surface area contributed by atoms with E-state index in [1.165, 1.54) is 0 Å². The predicted octanol–water partition coefficient (Wildman–Crippen LogP) is 2.64. The number of fused-ring (bicyclic) bond motifs is 1. The van der Waals surface area contributed by atoms with E-state index in [0.29, 0.717) is 13.0 Å². The zero-order valence-corrected chi connectivity index (χ0v) is 13.5. The molecule has 0 radical (unpaired) electrons. The van der Waals surface area contributed by atoms with Gasteiger partial charge in [0.1, 0.15) is 5.60 Å². The van der Waals surface area contributed by atoms with E-state index >= 15 is 0 Å². The zero-order chi connectivity index (χ0) is 16.8. The van der Waals surface area contributed by atoms with Crippen LogP contribution in [0.5, 0.6) is 0 Å². The van der Waals surface area contributed by atoms with Crippen LogP contribution >= 0.6 is 0 Å². The molecular formula is C19H22N2O3. The van der Waals surface area contributed by atoms with Crippen LogP contribution in [0.3, 0.4) is 0 Å². The maximum absolute atomic E-state index is 11.9. The summed E-state index contributed by atoms with van der Waals surface area (Å²) < 4.78 is 0. The Morgan fingerprint density at radius 3 is 2.71 bits per heavy atom. The number of benzene rings is 2. The summed E-state index contributed by atoms with van der Waals surface area (Å²) in [6.45, 7) is 0.450. The number of aryl methyl sites for hydroxylation is 1. The van der Waals surface area contributed by atoms with E-state index in [-0.39, 0.29) is 6.54 Å². The van der Waals surface area contributed by atoms with Crippen molar-refractivity contribution in [3.8, 4) is 0 Å². The second-order valence-electron chi connectivity index (χ2n) is 6.10. The Kier molecular flexibility index (Phi) is 5.13. The normalized spacial score (nSPS) is 19.4. The molecule has 1 atom stereocenters. The van der Waals surface area contributed by atoms with E-state index in [0.717, 1.165) is 29.5 Å². The van der Waals surface area contributed by atoms with Gasteiger partial charge in [-0.3, -0.25) is 4.84 Å². The Balaban J connectivity index is 1.49. The molecule has 5 nitrogen and oxygen atoms in total. The van der Waals surface area contributed by atoms with Gasteiger partial charge in [0.15, 0.2) is 0 Å². The number of hydrogen-bond donors (Lipinski definition) is 3. The Labute approximate surface area is 141 Å². The molecule has 1 aliphatic rings. The Morgan fingerprint density at radius 2 is 1.88 bits per heavy atom. The van der Waals surface area contributed by atoms with Crippen LogP contribution < -0.4 is 10.8 Å². The van der Waals surface area contributed by atoms with Crippen LogP contribution in [0, 0.1) is 0 Å². The molecule has 3 N–H and O–H groups in total. The highest BCUT2D eigenvalue weighted by molar-refractivity contribution is 5.72. The van der Waals surface area contributed by atoms with E-state index in [1.807, 2.05) is 54.6 Å². The predicted molar refractivity (Wildman–Crippen MR) is 91.0 cm³/mol. The number of hydroxylamine groups is 1. The van der Waals surface area contributed by atoms with Crippen molar-refractivity contribution >= 4 is 6.03 Å². The van der Waals surface area contributed by atoms with Crippen LogP contribution in [-0.2, 0) is 23.5 Å². The van der Waals surface area contributed by atoms with Crippen LogP contribution in [-0.4, -0.2) is 17.7 Å². The number of rotatable bonds is 5. The first-order chi connectivity index (χ1) is 11.7. The van der Waals surface area contributed by atoms with E-state index in [9.17, 15) is 9.90 Å². The van der Waals surface area contributed by atoms with Gasteiger partial charge in [0.2, 0.25) is 0 Å². The molecule has 0 aliphatic heterocycles. The standard InChI is InChI=1S/C19H22N2O3/c22-18(21-24-13-15-7-2-1-3-8-15)20-14-19(23)12-6-10-16-9-4-5-11-17(16)19/h1-5,7-9,11,23H,6,10,12-14H2,(H2,20,21,22). The van der Waals surface area contributed by atoms with Gasteiger partial charge in [0, 0.05) is 0 Å². The van der Waals surface area contributed by atoms with Crippen molar-refractivity contribution in [2.24, 2.45) is 0 Å². The smallest absolute Gasteiger partial charge is 0.338 e. The van der Waals surface area contributed by atoms with Crippen LogP contribution in [0.1, 0.15) is 29.5 Å². The van der Waals surface area contributed by atoms with Gasteiger partial charge in [0.05, 0.1) is 13.2 Å². The maximum atomic E-state index is 11.9. The summed E-state index contributed by atoms with van der Waals surface area (Å²) in [6, 6.07) is 17.0. The number of urea groups is 1. The van der Waals surface area contributed by atoms with Crippen LogP contribution in [0.2, 0.25) is 0 Å². The number of hydrogen-bond acceptors (Lipinski definition) is 3. The molecule has 5 heteroatoms. The second kappa shape index (κ2) is 7.47. The third kappa shape index (κ3) is 3.93. The summed E-state index contributed by atoms with van der Waals surface area (Å²) in [5, 5.41) is 13.6. The minimum atomic E-state index is -1.02. The van der Waals surface area contributed by atoms with Crippen LogP contribution in [0.15, 0.2) is 54.6 Å². The number of amides is 2. The van der Waals surface area contributed by atoms with Gasteiger partial charge < -0.3 is 10.4 Å². The molecule has 0 saturated carbocycles. The van der Waals surface area contributed by atoms with Gasteiger partial charge in [-0.25, -0.2) is 10.3 Å². The minimum absolute atomic E-state index is 0.157. The molecule has 0 bridgehead atoms. The Bertz CT molecular complexity index is 690. The largest absolute Gasteiger partial charge is 0.383 e. The molecule has 2 aromatic carbocycles. The average Bonchev–Trinajstić information content (AvgIpc) is 2.62. The first-order valence-electron chi connectivity index (χ1n) is 8.18. The minimum Gasteiger partial charge on any atom is -0.383 e. The number of aliphatic hydroxyl groups is 1. The third-order valence-corrected chi connectivity index (χ3v) is 4.34. The summed E-state index contributed by atoms with van der Waals surface area (Å²) >= 11 is 0. The van der Waals surface area contributed by atoms with Crippen molar-refractivity contribution < 1.29 is 14.7 Å². The Hall–Kier alpha value is -2.37. The summed E-state index contributed by atoms with van der Waals surface area (Å²) in [7, 11) is 0. The SMILES string of the molecule is O=C(NCC1(O)CCCc2ccccc21)NOCc1ccccc1. The van der Waals surface area contributed by atoms with E-state index < -0.39 is 11.6 Å². The number of carbonyl (C=O) groups is 1. The van der Waals surface area contributed by atoms with E-state index in [2.05, 4.69) is 10.8 Å². The second-order valence-corrected chi connectivity index (χ2v) is 6.10. The summed E-state index contributed by atoms with van der Waals surface area (Å²) in [4.78, 5) is 17.1. The highest BCUT2D eigenvalue weighted by atomic mass is 16.7. The summed E-state index contributed by atoms with van der Waals surface area (Å²) in [6.07, 6.45) is 2.50. The fourth-order valence-electron chi connectivity index (χ4n) is 3.10. The fraction of sp³-hybridized carbons (Fsp3) is 0.316. The molecule has 2 aromatic rings. The molecule has 3 rings (SSSR count). The van der Waals surface area contributed by atoms with Crippen molar-refractivity contribution in [3.05, 3.63) is 71.3 Å². The average molecular weight is 326 g/mol. The first-order valence-corrected chi connectivity index (χ1v) is 8.18. The van der Waals surface area contributed by atoms with Crippen molar-refractivity contribution in [1.82, 2.24) is 10.8 Å². The first kappa shape index (κ1) is 16.5. The lowest BCUT2D eigenvalue weighted by molar-refractivity contribution is 0.0154. The van der Waals surface area contributed by atoms with Gasteiger partial charge in [-0.1, -0.05) is 54.6 Å². The van der Waals surface area contributed by atoms with Crippen LogP contribution in [0.4, 0.5) is 4.79 Å². The highest BCUT2D eigenvalue weighted by Crippen LogP contribution is 2.34. The van der Waals surface area contributed by atoms with Gasteiger partial charge in [0.25, 0.3) is 0 Å². The molecule has 126 valence electrons.